The predicted molar refractivity (Wildman–Crippen MR) is 44.3 cm³/mol. The summed E-state index contributed by atoms with van der Waals surface area (Å²) in [4.78, 5) is 10.9. The molecule has 0 radical (unpaired) electrons. The minimum atomic E-state index is -0.168. The summed E-state index contributed by atoms with van der Waals surface area (Å²) in [5.74, 6) is -0.311. The van der Waals surface area contributed by atoms with Crippen molar-refractivity contribution in [3.05, 3.63) is 0 Å². The van der Waals surface area contributed by atoms with Gasteiger partial charge < -0.3 is 10.1 Å². The number of hydrogen-bond donors (Lipinski definition) is 1. The SMILES string of the molecule is CCOCC(=O)NCC(C)C#N. The highest BCUT2D eigenvalue weighted by Gasteiger charge is 2.03. The molecule has 0 aliphatic carbocycles. The number of nitrogens with zero attached hydrogens (tertiary/aromatic N) is 1. The van der Waals surface area contributed by atoms with Gasteiger partial charge in [-0.3, -0.25) is 4.79 Å². The van der Waals surface area contributed by atoms with Crippen molar-refractivity contribution in [3.63, 3.8) is 0 Å². The highest BCUT2D eigenvalue weighted by molar-refractivity contribution is 5.77. The lowest BCUT2D eigenvalue weighted by molar-refractivity contribution is -0.125. The van der Waals surface area contributed by atoms with Gasteiger partial charge in [0.15, 0.2) is 0 Å². The van der Waals surface area contributed by atoms with E-state index in [1.807, 2.05) is 13.0 Å². The lowest BCUT2D eigenvalue weighted by atomic mass is 10.2. The summed E-state index contributed by atoms with van der Waals surface area (Å²) in [6.45, 7) is 4.57. The van der Waals surface area contributed by atoms with Crippen molar-refractivity contribution in [1.82, 2.24) is 5.32 Å². The Morgan fingerprint density at radius 2 is 2.42 bits per heavy atom. The number of amides is 1. The van der Waals surface area contributed by atoms with Gasteiger partial charge in [-0.25, -0.2) is 0 Å². The molecule has 68 valence electrons. The summed E-state index contributed by atoms with van der Waals surface area (Å²) in [6.07, 6.45) is 0. The summed E-state index contributed by atoms with van der Waals surface area (Å²) in [7, 11) is 0. The fraction of sp³-hybridized carbons (Fsp3) is 0.750. The van der Waals surface area contributed by atoms with Crippen LogP contribution in [0, 0.1) is 17.2 Å². The molecule has 0 bridgehead atoms. The zero-order valence-electron chi connectivity index (χ0n) is 7.46. The Morgan fingerprint density at radius 3 is 2.92 bits per heavy atom. The molecule has 1 N–H and O–H groups in total. The second kappa shape index (κ2) is 6.62. The monoisotopic (exact) mass is 170 g/mol. The molecule has 0 saturated heterocycles. The van der Waals surface area contributed by atoms with E-state index in [4.69, 9.17) is 10.00 Å². The highest BCUT2D eigenvalue weighted by Crippen LogP contribution is 1.87. The summed E-state index contributed by atoms with van der Waals surface area (Å²) in [5, 5.41) is 11.0. The van der Waals surface area contributed by atoms with Crippen LogP contribution in [0.2, 0.25) is 0 Å². The molecule has 0 aliphatic heterocycles. The smallest absolute Gasteiger partial charge is 0.246 e. The van der Waals surface area contributed by atoms with Crippen molar-refractivity contribution in [1.29, 1.82) is 5.26 Å². The Morgan fingerprint density at radius 1 is 1.75 bits per heavy atom. The van der Waals surface area contributed by atoms with Crippen molar-refractivity contribution in [3.8, 4) is 6.07 Å². The van der Waals surface area contributed by atoms with E-state index in [1.165, 1.54) is 0 Å². The molecule has 0 aromatic heterocycles. The number of nitriles is 1. The van der Waals surface area contributed by atoms with Crippen LogP contribution in [-0.2, 0) is 9.53 Å². The number of carbonyl (C=O) groups is 1. The van der Waals surface area contributed by atoms with Gasteiger partial charge in [-0.1, -0.05) is 0 Å². The second-order valence-electron chi connectivity index (χ2n) is 2.47. The zero-order chi connectivity index (χ0) is 9.40. The molecule has 0 aliphatic rings. The van der Waals surface area contributed by atoms with E-state index >= 15 is 0 Å². The van der Waals surface area contributed by atoms with Crippen LogP contribution < -0.4 is 5.32 Å². The van der Waals surface area contributed by atoms with Gasteiger partial charge in [0, 0.05) is 13.2 Å². The Balaban J connectivity index is 3.39. The first kappa shape index (κ1) is 10.9. The van der Waals surface area contributed by atoms with E-state index in [1.54, 1.807) is 6.92 Å². The van der Waals surface area contributed by atoms with Crippen LogP contribution in [0.15, 0.2) is 0 Å². The van der Waals surface area contributed by atoms with E-state index < -0.39 is 0 Å². The van der Waals surface area contributed by atoms with E-state index in [0.29, 0.717) is 13.2 Å². The molecule has 1 atom stereocenters. The molecule has 1 amide bonds. The van der Waals surface area contributed by atoms with Crippen LogP contribution in [0.25, 0.3) is 0 Å². The van der Waals surface area contributed by atoms with E-state index in [9.17, 15) is 4.79 Å². The highest BCUT2D eigenvalue weighted by atomic mass is 16.5. The van der Waals surface area contributed by atoms with Crippen molar-refractivity contribution in [2.75, 3.05) is 19.8 Å². The van der Waals surface area contributed by atoms with Crippen molar-refractivity contribution < 1.29 is 9.53 Å². The van der Waals surface area contributed by atoms with E-state index in [0.717, 1.165) is 0 Å². The maximum atomic E-state index is 10.9. The third-order valence-electron chi connectivity index (χ3n) is 1.26. The van der Waals surface area contributed by atoms with Gasteiger partial charge in [0.05, 0.1) is 12.0 Å². The molecule has 0 rings (SSSR count). The van der Waals surface area contributed by atoms with Gasteiger partial charge in [0.1, 0.15) is 6.61 Å². The molecule has 12 heavy (non-hydrogen) atoms. The minimum Gasteiger partial charge on any atom is -0.372 e. The quantitative estimate of drug-likeness (QED) is 0.645. The Labute approximate surface area is 72.5 Å². The fourth-order valence-electron chi connectivity index (χ4n) is 0.558. The lowest BCUT2D eigenvalue weighted by Gasteiger charge is -2.05. The van der Waals surface area contributed by atoms with Crippen LogP contribution in [0.5, 0.6) is 0 Å². The summed E-state index contributed by atoms with van der Waals surface area (Å²) in [5.41, 5.74) is 0. The molecule has 1 unspecified atom stereocenters. The zero-order valence-corrected chi connectivity index (χ0v) is 7.46. The number of rotatable bonds is 5. The van der Waals surface area contributed by atoms with Crippen molar-refractivity contribution in [2.45, 2.75) is 13.8 Å². The van der Waals surface area contributed by atoms with Gasteiger partial charge in [0.25, 0.3) is 0 Å². The third kappa shape index (κ3) is 5.69. The van der Waals surface area contributed by atoms with Gasteiger partial charge in [0.2, 0.25) is 5.91 Å². The molecule has 0 aromatic carbocycles. The van der Waals surface area contributed by atoms with Crippen LogP contribution in [0.3, 0.4) is 0 Å². The second-order valence-corrected chi connectivity index (χ2v) is 2.47. The van der Waals surface area contributed by atoms with E-state index in [-0.39, 0.29) is 18.4 Å². The molecule has 0 aromatic rings. The average molecular weight is 170 g/mol. The van der Waals surface area contributed by atoms with Crippen molar-refractivity contribution in [2.24, 2.45) is 5.92 Å². The molecule has 0 heterocycles. The summed E-state index contributed by atoms with van der Waals surface area (Å²) in [6, 6.07) is 2.02. The number of ether oxygens (including phenoxy) is 1. The van der Waals surface area contributed by atoms with Gasteiger partial charge in [-0.2, -0.15) is 5.26 Å². The third-order valence-corrected chi connectivity index (χ3v) is 1.26. The molecule has 0 saturated carbocycles. The Kier molecular flexibility index (Phi) is 6.02. The first-order valence-electron chi connectivity index (χ1n) is 3.94. The van der Waals surface area contributed by atoms with Crippen LogP contribution in [0.1, 0.15) is 13.8 Å². The average Bonchev–Trinajstić information content (AvgIpc) is 2.10. The topological polar surface area (TPSA) is 62.1 Å². The first-order chi connectivity index (χ1) is 5.70. The molecule has 0 spiro atoms. The van der Waals surface area contributed by atoms with Crippen LogP contribution >= 0.6 is 0 Å². The molecular weight excluding hydrogens is 156 g/mol. The number of carbonyl (C=O) groups excluding carboxylic acids is 1. The number of hydrogen-bond acceptors (Lipinski definition) is 3. The maximum absolute atomic E-state index is 10.9. The largest absolute Gasteiger partial charge is 0.372 e. The van der Waals surface area contributed by atoms with Gasteiger partial charge >= 0.3 is 0 Å². The molecule has 4 nitrogen and oxygen atoms in total. The number of nitrogens with one attached hydrogen (secondary N) is 1. The van der Waals surface area contributed by atoms with E-state index in [2.05, 4.69) is 5.32 Å². The Hall–Kier alpha value is -1.08. The molecule has 4 heteroatoms. The summed E-state index contributed by atoms with van der Waals surface area (Å²) < 4.78 is 4.87. The minimum absolute atomic E-state index is 0.0780. The maximum Gasteiger partial charge on any atom is 0.246 e. The normalized spacial score (nSPS) is 11.8. The lowest BCUT2D eigenvalue weighted by Crippen LogP contribution is -2.31. The van der Waals surface area contributed by atoms with Gasteiger partial charge in [-0.05, 0) is 13.8 Å². The molecule has 0 fully saturated rings. The predicted octanol–water partition coefficient (Wildman–Crippen LogP) is 0.299. The molecular formula is C8H14N2O2. The van der Waals surface area contributed by atoms with Gasteiger partial charge in [-0.15, -0.1) is 0 Å². The van der Waals surface area contributed by atoms with Crippen molar-refractivity contribution >= 4 is 5.91 Å². The summed E-state index contributed by atoms with van der Waals surface area (Å²) >= 11 is 0. The standard InChI is InChI=1S/C8H14N2O2/c1-3-12-6-8(11)10-5-7(2)4-9/h7H,3,5-6H2,1-2H3,(H,10,11). The first-order valence-corrected chi connectivity index (χ1v) is 3.94. The fourth-order valence-corrected chi connectivity index (χ4v) is 0.558. The Bertz CT molecular complexity index is 174. The van der Waals surface area contributed by atoms with Crippen LogP contribution in [-0.4, -0.2) is 25.7 Å². The van der Waals surface area contributed by atoms with Crippen LogP contribution in [0.4, 0.5) is 0 Å².